The molecule has 20 heavy (non-hydrogen) atoms. The highest BCUT2D eigenvalue weighted by atomic mass is 35.5. The van der Waals surface area contributed by atoms with Crippen LogP contribution in [0.25, 0.3) is 0 Å². The van der Waals surface area contributed by atoms with E-state index in [0.29, 0.717) is 26.5 Å². The summed E-state index contributed by atoms with van der Waals surface area (Å²) in [5.41, 5.74) is 0.439. The summed E-state index contributed by atoms with van der Waals surface area (Å²) < 4.78 is 5.12. The number of ether oxygens (including phenoxy) is 1. The summed E-state index contributed by atoms with van der Waals surface area (Å²) in [7, 11) is 1.49. The third-order valence-corrected chi connectivity index (χ3v) is 3.30. The summed E-state index contributed by atoms with van der Waals surface area (Å²) in [6.45, 7) is 0. The molecule has 0 aliphatic carbocycles. The van der Waals surface area contributed by atoms with Gasteiger partial charge in [0, 0.05) is 5.02 Å². The molecule has 0 aliphatic heterocycles. The van der Waals surface area contributed by atoms with Crippen molar-refractivity contribution in [3.63, 3.8) is 0 Å². The van der Waals surface area contributed by atoms with E-state index in [1.54, 1.807) is 18.2 Å². The summed E-state index contributed by atoms with van der Waals surface area (Å²) in [5.74, 6) is 0.487. The van der Waals surface area contributed by atoms with Crippen LogP contribution in [0.15, 0.2) is 24.4 Å². The van der Waals surface area contributed by atoms with Crippen molar-refractivity contribution in [3.05, 3.63) is 34.3 Å². The number of hydrogen-bond donors (Lipinski definition) is 2. The monoisotopic (exact) mass is 308 g/mol. The van der Waals surface area contributed by atoms with Gasteiger partial charge in [-0.1, -0.05) is 22.9 Å². The maximum Gasteiger partial charge on any atom is 0.325 e. The quantitative estimate of drug-likeness (QED) is 0.910. The molecule has 0 bridgehead atoms. The first-order valence-electron chi connectivity index (χ1n) is 5.40. The Hall–Kier alpha value is -2.30. The van der Waals surface area contributed by atoms with E-state index in [4.69, 9.17) is 21.6 Å². The van der Waals surface area contributed by atoms with Crippen molar-refractivity contribution in [1.82, 2.24) is 4.98 Å². The number of nitriles is 1. The van der Waals surface area contributed by atoms with Crippen LogP contribution in [-0.4, -0.2) is 18.1 Å². The fraction of sp³-hybridized carbons (Fsp3) is 0.0833. The highest BCUT2D eigenvalue weighted by molar-refractivity contribution is 7.16. The molecule has 2 N–H and O–H groups in total. The number of rotatable bonds is 3. The zero-order valence-corrected chi connectivity index (χ0v) is 11.9. The number of halogens is 1. The molecule has 1 heterocycles. The number of carbonyl (C=O) groups is 1. The first kappa shape index (κ1) is 14.1. The van der Waals surface area contributed by atoms with Gasteiger partial charge in [-0.05, 0) is 18.2 Å². The van der Waals surface area contributed by atoms with Crippen molar-refractivity contribution >= 4 is 39.8 Å². The van der Waals surface area contributed by atoms with Gasteiger partial charge in [0.15, 0.2) is 5.13 Å². The lowest BCUT2D eigenvalue weighted by Crippen LogP contribution is -2.19. The summed E-state index contributed by atoms with van der Waals surface area (Å²) in [6.07, 6.45) is 1.39. The third-order valence-electron chi connectivity index (χ3n) is 2.25. The number of carbonyl (C=O) groups excluding carboxylic acids is 1. The maximum atomic E-state index is 11.8. The highest BCUT2D eigenvalue weighted by Crippen LogP contribution is 2.28. The summed E-state index contributed by atoms with van der Waals surface area (Å²) in [4.78, 5) is 16.1. The number of thiazole rings is 1. The number of benzene rings is 1. The van der Waals surface area contributed by atoms with Crippen molar-refractivity contribution in [2.75, 3.05) is 17.7 Å². The zero-order chi connectivity index (χ0) is 14.5. The van der Waals surface area contributed by atoms with Crippen LogP contribution >= 0.6 is 22.9 Å². The molecule has 0 atom stereocenters. The normalized spacial score (nSPS) is 9.65. The number of anilines is 2. The average molecular weight is 309 g/mol. The van der Waals surface area contributed by atoms with Gasteiger partial charge in [-0.15, -0.1) is 0 Å². The van der Waals surface area contributed by atoms with E-state index in [9.17, 15) is 4.79 Å². The van der Waals surface area contributed by atoms with E-state index in [1.165, 1.54) is 13.3 Å². The van der Waals surface area contributed by atoms with Crippen LogP contribution in [0.4, 0.5) is 15.6 Å². The number of aromatic nitrogens is 1. The molecule has 0 spiro atoms. The molecular weight excluding hydrogens is 300 g/mol. The van der Waals surface area contributed by atoms with Gasteiger partial charge in [0.2, 0.25) is 0 Å². The molecule has 2 rings (SSSR count). The SMILES string of the molecule is COc1ccc(Cl)cc1NC(=O)Nc1ncc(C#N)s1. The highest BCUT2D eigenvalue weighted by Gasteiger charge is 2.10. The number of amides is 2. The molecule has 0 saturated heterocycles. The van der Waals surface area contributed by atoms with E-state index in [1.807, 2.05) is 6.07 Å². The second-order valence-electron chi connectivity index (χ2n) is 3.57. The van der Waals surface area contributed by atoms with E-state index >= 15 is 0 Å². The summed E-state index contributed by atoms with van der Waals surface area (Å²) in [5, 5.41) is 14.6. The van der Waals surface area contributed by atoms with Crippen molar-refractivity contribution in [2.24, 2.45) is 0 Å². The average Bonchev–Trinajstić information content (AvgIpc) is 2.86. The number of hydrogen-bond acceptors (Lipinski definition) is 5. The predicted molar refractivity (Wildman–Crippen MR) is 77.5 cm³/mol. The Bertz CT molecular complexity index is 680. The molecule has 0 unspecified atom stereocenters. The molecule has 8 heteroatoms. The molecule has 6 nitrogen and oxygen atoms in total. The van der Waals surface area contributed by atoms with Gasteiger partial charge in [-0.2, -0.15) is 5.26 Å². The minimum Gasteiger partial charge on any atom is -0.495 e. The van der Waals surface area contributed by atoms with Gasteiger partial charge in [0.05, 0.1) is 19.0 Å². The zero-order valence-electron chi connectivity index (χ0n) is 10.3. The Balaban J connectivity index is 2.08. The van der Waals surface area contributed by atoms with Crippen molar-refractivity contribution in [2.45, 2.75) is 0 Å². The molecule has 2 aromatic rings. The molecule has 1 aromatic heterocycles. The fourth-order valence-corrected chi connectivity index (χ4v) is 2.19. The first-order chi connectivity index (χ1) is 9.62. The molecule has 102 valence electrons. The minimum atomic E-state index is -0.496. The van der Waals surface area contributed by atoms with Crippen LogP contribution in [0.3, 0.4) is 0 Å². The van der Waals surface area contributed by atoms with Crippen LogP contribution < -0.4 is 15.4 Å². The van der Waals surface area contributed by atoms with E-state index in [-0.39, 0.29) is 0 Å². The van der Waals surface area contributed by atoms with Gasteiger partial charge in [-0.25, -0.2) is 9.78 Å². The van der Waals surface area contributed by atoms with E-state index in [2.05, 4.69) is 15.6 Å². The number of urea groups is 1. The number of nitrogens with zero attached hydrogens (tertiary/aromatic N) is 2. The second kappa shape index (κ2) is 6.23. The van der Waals surface area contributed by atoms with Crippen LogP contribution in [-0.2, 0) is 0 Å². The number of methoxy groups -OCH3 is 1. The molecule has 0 saturated carbocycles. The summed E-state index contributed by atoms with van der Waals surface area (Å²) >= 11 is 6.95. The first-order valence-corrected chi connectivity index (χ1v) is 6.59. The summed E-state index contributed by atoms with van der Waals surface area (Å²) in [6, 6.07) is 6.32. The lowest BCUT2D eigenvalue weighted by atomic mass is 10.3. The van der Waals surface area contributed by atoms with Crippen molar-refractivity contribution in [1.29, 1.82) is 5.26 Å². The van der Waals surface area contributed by atoms with Gasteiger partial charge < -0.3 is 10.1 Å². The van der Waals surface area contributed by atoms with Gasteiger partial charge in [0.25, 0.3) is 0 Å². The minimum absolute atomic E-state index is 0.333. The smallest absolute Gasteiger partial charge is 0.325 e. The Labute approximate surface area is 124 Å². The Morgan fingerprint density at radius 1 is 1.50 bits per heavy atom. The van der Waals surface area contributed by atoms with Gasteiger partial charge in [-0.3, -0.25) is 5.32 Å². The lowest BCUT2D eigenvalue weighted by molar-refractivity contribution is 0.262. The van der Waals surface area contributed by atoms with Crippen LogP contribution in [0, 0.1) is 11.3 Å². The van der Waals surface area contributed by atoms with Crippen molar-refractivity contribution < 1.29 is 9.53 Å². The largest absolute Gasteiger partial charge is 0.495 e. The molecule has 1 aromatic carbocycles. The van der Waals surface area contributed by atoms with Crippen LogP contribution in [0.1, 0.15) is 4.88 Å². The van der Waals surface area contributed by atoms with E-state index in [0.717, 1.165) is 11.3 Å². The molecular formula is C12H9ClN4O2S. The topological polar surface area (TPSA) is 87.0 Å². The van der Waals surface area contributed by atoms with Gasteiger partial charge in [0.1, 0.15) is 16.7 Å². The van der Waals surface area contributed by atoms with E-state index < -0.39 is 6.03 Å². The Morgan fingerprint density at radius 3 is 2.95 bits per heavy atom. The Kier molecular flexibility index (Phi) is 4.40. The van der Waals surface area contributed by atoms with Crippen LogP contribution in [0.5, 0.6) is 5.75 Å². The molecule has 2 amide bonds. The van der Waals surface area contributed by atoms with Crippen LogP contribution in [0.2, 0.25) is 5.02 Å². The number of nitrogens with one attached hydrogen (secondary N) is 2. The molecule has 0 aliphatic rings. The lowest BCUT2D eigenvalue weighted by Gasteiger charge is -2.10. The Morgan fingerprint density at radius 2 is 2.30 bits per heavy atom. The molecule has 0 radical (unpaired) electrons. The van der Waals surface area contributed by atoms with Gasteiger partial charge >= 0.3 is 6.03 Å². The fourth-order valence-electron chi connectivity index (χ4n) is 1.41. The standard InChI is InChI=1S/C12H9ClN4O2S/c1-19-10-3-2-7(13)4-9(10)16-11(18)17-12-15-6-8(5-14)20-12/h2-4,6H,1H3,(H2,15,16,17,18). The second-order valence-corrected chi connectivity index (χ2v) is 5.03. The molecule has 0 fully saturated rings. The third kappa shape index (κ3) is 3.38. The predicted octanol–water partition coefficient (Wildman–Crippen LogP) is 3.32. The maximum absolute atomic E-state index is 11.8. The van der Waals surface area contributed by atoms with Crippen molar-refractivity contribution in [3.8, 4) is 11.8 Å².